The van der Waals surface area contributed by atoms with Crippen molar-refractivity contribution in [2.24, 2.45) is 11.3 Å². The van der Waals surface area contributed by atoms with E-state index in [9.17, 15) is 4.79 Å². The highest BCUT2D eigenvalue weighted by Gasteiger charge is 2.42. The fourth-order valence-corrected chi connectivity index (χ4v) is 4.52. The minimum atomic E-state index is -0.336. The number of ether oxygens (including phenoxy) is 1. The molecule has 0 aromatic heterocycles. The Balaban J connectivity index is 1.52. The van der Waals surface area contributed by atoms with Gasteiger partial charge in [-0.15, -0.1) is 0 Å². The van der Waals surface area contributed by atoms with E-state index in [2.05, 4.69) is 40.5 Å². The van der Waals surface area contributed by atoms with Crippen LogP contribution in [-0.2, 0) is 16.1 Å². The third kappa shape index (κ3) is 4.64. The Morgan fingerprint density at radius 2 is 2.04 bits per heavy atom. The number of benzene rings is 1. The van der Waals surface area contributed by atoms with Gasteiger partial charge in [0.25, 0.3) is 0 Å². The molecule has 0 saturated carbocycles. The number of carbonyl (C=O) groups excluding carboxylic acids is 1. The van der Waals surface area contributed by atoms with Gasteiger partial charge in [-0.05, 0) is 50.4 Å². The van der Waals surface area contributed by atoms with Gasteiger partial charge in [-0.2, -0.15) is 0 Å². The number of nitrogens with zero attached hydrogens (tertiary/aromatic N) is 2. The Morgan fingerprint density at radius 3 is 2.73 bits per heavy atom. The first-order chi connectivity index (χ1) is 12.6. The standard InChI is InChI=1S/C21H33N3O2/c1-23(20(25)21(17-26-2)9-11-22-12-10-21)14-19-8-13-24(16-19)15-18-6-4-3-5-7-18/h3-7,19,22H,8-17H2,1-2H3. The van der Waals surface area contributed by atoms with E-state index >= 15 is 0 Å². The van der Waals surface area contributed by atoms with Crippen molar-refractivity contribution in [3.8, 4) is 0 Å². The van der Waals surface area contributed by atoms with Gasteiger partial charge in [0, 0.05) is 33.8 Å². The molecule has 3 rings (SSSR count). The topological polar surface area (TPSA) is 44.8 Å². The molecular weight excluding hydrogens is 326 g/mol. The maximum absolute atomic E-state index is 13.2. The number of hydrogen-bond donors (Lipinski definition) is 1. The molecule has 2 aliphatic rings. The predicted molar refractivity (Wildman–Crippen MR) is 104 cm³/mol. The van der Waals surface area contributed by atoms with Crippen LogP contribution < -0.4 is 5.32 Å². The third-order valence-electron chi connectivity index (χ3n) is 5.93. The van der Waals surface area contributed by atoms with Crippen LogP contribution in [0.25, 0.3) is 0 Å². The van der Waals surface area contributed by atoms with E-state index in [4.69, 9.17) is 4.74 Å². The summed E-state index contributed by atoms with van der Waals surface area (Å²) in [4.78, 5) is 17.7. The summed E-state index contributed by atoms with van der Waals surface area (Å²) < 4.78 is 5.43. The molecule has 0 bridgehead atoms. The fourth-order valence-electron chi connectivity index (χ4n) is 4.52. The smallest absolute Gasteiger partial charge is 0.230 e. The number of hydrogen-bond acceptors (Lipinski definition) is 4. The van der Waals surface area contributed by atoms with Gasteiger partial charge < -0.3 is 15.0 Å². The number of rotatable bonds is 7. The molecule has 1 aromatic rings. The SMILES string of the molecule is COCC1(C(=O)N(C)CC2CCN(Cc3ccccc3)C2)CCNCC1. The van der Waals surface area contributed by atoms with Crippen LogP contribution in [-0.4, -0.2) is 69.2 Å². The van der Waals surface area contributed by atoms with Crippen molar-refractivity contribution in [2.45, 2.75) is 25.8 Å². The van der Waals surface area contributed by atoms with Crippen LogP contribution in [0.3, 0.4) is 0 Å². The Hall–Kier alpha value is -1.43. The molecule has 144 valence electrons. The summed E-state index contributed by atoms with van der Waals surface area (Å²) in [5, 5.41) is 3.36. The Morgan fingerprint density at radius 1 is 1.31 bits per heavy atom. The molecule has 2 fully saturated rings. The minimum absolute atomic E-state index is 0.266. The van der Waals surface area contributed by atoms with Crippen molar-refractivity contribution >= 4 is 5.91 Å². The molecule has 1 N–H and O–H groups in total. The summed E-state index contributed by atoms with van der Waals surface area (Å²) in [6, 6.07) is 10.6. The second kappa shape index (κ2) is 8.98. The predicted octanol–water partition coefficient (Wildman–Crippen LogP) is 1.98. The second-order valence-electron chi connectivity index (χ2n) is 8.02. The first kappa shape index (κ1) is 19.3. The zero-order valence-electron chi connectivity index (χ0n) is 16.2. The average Bonchev–Trinajstić information content (AvgIpc) is 3.09. The molecular formula is C21H33N3O2. The summed E-state index contributed by atoms with van der Waals surface area (Å²) in [7, 11) is 3.68. The zero-order chi connectivity index (χ0) is 18.4. The van der Waals surface area contributed by atoms with Crippen LogP contribution in [0.1, 0.15) is 24.8 Å². The van der Waals surface area contributed by atoms with Crippen LogP contribution >= 0.6 is 0 Å². The largest absolute Gasteiger partial charge is 0.384 e. The Kier molecular flexibility index (Phi) is 6.68. The van der Waals surface area contributed by atoms with Gasteiger partial charge in [-0.25, -0.2) is 0 Å². The van der Waals surface area contributed by atoms with Crippen molar-refractivity contribution in [1.29, 1.82) is 0 Å². The molecule has 1 amide bonds. The van der Waals surface area contributed by atoms with E-state index in [0.29, 0.717) is 12.5 Å². The van der Waals surface area contributed by atoms with Crippen LogP contribution in [0, 0.1) is 11.3 Å². The van der Waals surface area contributed by atoms with Gasteiger partial charge in [0.05, 0.1) is 12.0 Å². The van der Waals surface area contributed by atoms with Crippen LogP contribution in [0.15, 0.2) is 30.3 Å². The number of nitrogens with one attached hydrogen (secondary N) is 1. The van der Waals surface area contributed by atoms with Gasteiger partial charge in [0.15, 0.2) is 0 Å². The lowest BCUT2D eigenvalue weighted by Gasteiger charge is -2.39. The first-order valence-corrected chi connectivity index (χ1v) is 9.84. The molecule has 26 heavy (non-hydrogen) atoms. The number of likely N-dealkylation sites (tertiary alicyclic amines) is 1. The van der Waals surface area contributed by atoms with Gasteiger partial charge >= 0.3 is 0 Å². The summed E-state index contributed by atoms with van der Waals surface area (Å²) in [6.45, 7) is 6.38. The molecule has 0 aliphatic carbocycles. The lowest BCUT2D eigenvalue weighted by Crippen LogP contribution is -2.51. The highest BCUT2D eigenvalue weighted by molar-refractivity contribution is 5.83. The maximum Gasteiger partial charge on any atom is 0.230 e. The number of methoxy groups -OCH3 is 1. The van der Waals surface area contributed by atoms with Crippen molar-refractivity contribution in [3.05, 3.63) is 35.9 Å². The lowest BCUT2D eigenvalue weighted by molar-refractivity contribution is -0.146. The summed E-state index contributed by atoms with van der Waals surface area (Å²) >= 11 is 0. The van der Waals surface area contributed by atoms with Crippen molar-refractivity contribution in [1.82, 2.24) is 15.1 Å². The van der Waals surface area contributed by atoms with Crippen LogP contribution in [0.2, 0.25) is 0 Å². The van der Waals surface area contributed by atoms with Gasteiger partial charge in [0.1, 0.15) is 0 Å². The van der Waals surface area contributed by atoms with E-state index in [0.717, 1.165) is 52.1 Å². The normalized spacial score (nSPS) is 23.1. The number of amides is 1. The second-order valence-corrected chi connectivity index (χ2v) is 8.02. The third-order valence-corrected chi connectivity index (χ3v) is 5.93. The van der Waals surface area contributed by atoms with Gasteiger partial charge in [0.2, 0.25) is 5.91 Å². The van der Waals surface area contributed by atoms with Crippen LogP contribution in [0.4, 0.5) is 0 Å². The molecule has 1 atom stereocenters. The highest BCUT2D eigenvalue weighted by atomic mass is 16.5. The van der Waals surface area contributed by atoms with E-state index in [-0.39, 0.29) is 11.3 Å². The van der Waals surface area contributed by atoms with E-state index in [1.807, 2.05) is 11.9 Å². The van der Waals surface area contributed by atoms with Crippen molar-refractivity contribution in [3.63, 3.8) is 0 Å². The average molecular weight is 360 g/mol. The summed E-state index contributed by atoms with van der Waals surface area (Å²) in [6.07, 6.45) is 2.91. The monoisotopic (exact) mass is 359 g/mol. The summed E-state index contributed by atoms with van der Waals surface area (Å²) in [5.41, 5.74) is 1.03. The highest BCUT2D eigenvalue weighted by Crippen LogP contribution is 2.32. The van der Waals surface area contributed by atoms with Crippen molar-refractivity contribution < 1.29 is 9.53 Å². The molecule has 5 heteroatoms. The van der Waals surface area contributed by atoms with E-state index in [1.165, 1.54) is 12.0 Å². The molecule has 1 aromatic carbocycles. The molecule has 0 radical (unpaired) electrons. The molecule has 2 aliphatic heterocycles. The molecule has 0 spiro atoms. The van der Waals surface area contributed by atoms with Crippen LogP contribution in [0.5, 0.6) is 0 Å². The molecule has 2 heterocycles. The quantitative estimate of drug-likeness (QED) is 0.809. The molecule has 2 saturated heterocycles. The Bertz CT molecular complexity index is 566. The van der Waals surface area contributed by atoms with Gasteiger partial charge in [-0.1, -0.05) is 30.3 Å². The Labute approximate surface area is 157 Å². The molecule has 5 nitrogen and oxygen atoms in total. The lowest BCUT2D eigenvalue weighted by atomic mass is 9.78. The first-order valence-electron chi connectivity index (χ1n) is 9.84. The fraction of sp³-hybridized carbons (Fsp3) is 0.667. The van der Waals surface area contributed by atoms with E-state index in [1.54, 1.807) is 7.11 Å². The minimum Gasteiger partial charge on any atom is -0.384 e. The zero-order valence-corrected chi connectivity index (χ0v) is 16.2. The van der Waals surface area contributed by atoms with Crippen molar-refractivity contribution in [2.75, 3.05) is 53.5 Å². The number of carbonyl (C=O) groups is 1. The summed E-state index contributed by atoms with van der Waals surface area (Å²) in [5.74, 6) is 0.830. The maximum atomic E-state index is 13.2. The molecule has 1 unspecified atom stereocenters. The van der Waals surface area contributed by atoms with E-state index < -0.39 is 0 Å². The number of piperidine rings is 1. The van der Waals surface area contributed by atoms with Gasteiger partial charge in [-0.3, -0.25) is 9.69 Å².